The van der Waals surface area contributed by atoms with Gasteiger partial charge in [0.15, 0.2) is 0 Å². The standard InChI is InChI=1S/C31H42N8O5/c1-44-21-28(41)36-16-11-31(12-17-36)19-27(40)32-25(18-22-20-39(35-34-22)24-6-3-2-4-7-24)30(43)37-14-9-23(10-15-37)38-13-5-8-26(38)29(42)33-31/h2-4,6-7,20,23,25-26H,5,8-19,21H2,1H3,(H,32,40)(H,33,42)/t25-,26+/m1/s1. The fraction of sp³-hybridized carbons (Fsp3) is 0.613. The van der Waals surface area contributed by atoms with E-state index in [-0.39, 0.29) is 55.2 Å². The summed E-state index contributed by atoms with van der Waals surface area (Å²) < 4.78 is 6.69. The average molecular weight is 607 g/mol. The monoisotopic (exact) mass is 606 g/mol. The number of nitrogens with zero attached hydrogens (tertiary/aromatic N) is 6. The summed E-state index contributed by atoms with van der Waals surface area (Å²) in [7, 11) is 1.49. The van der Waals surface area contributed by atoms with Crippen molar-refractivity contribution in [1.29, 1.82) is 0 Å². The highest BCUT2D eigenvalue weighted by atomic mass is 16.5. The van der Waals surface area contributed by atoms with Crippen LogP contribution in [0.3, 0.4) is 0 Å². The number of methoxy groups -OCH3 is 1. The van der Waals surface area contributed by atoms with Crippen LogP contribution in [0.25, 0.3) is 5.69 Å². The van der Waals surface area contributed by atoms with Crippen LogP contribution in [-0.2, 0) is 30.3 Å². The van der Waals surface area contributed by atoms with E-state index in [9.17, 15) is 19.2 Å². The largest absolute Gasteiger partial charge is 0.375 e. The molecule has 1 spiro atoms. The highest BCUT2D eigenvalue weighted by molar-refractivity contribution is 5.89. The number of carbonyl (C=O) groups excluding carboxylic acids is 4. The van der Waals surface area contributed by atoms with Crippen molar-refractivity contribution < 1.29 is 23.9 Å². The molecule has 0 aliphatic carbocycles. The zero-order valence-corrected chi connectivity index (χ0v) is 25.3. The van der Waals surface area contributed by atoms with E-state index in [1.165, 1.54) is 7.11 Å². The summed E-state index contributed by atoms with van der Waals surface area (Å²) in [5.41, 5.74) is 0.617. The van der Waals surface area contributed by atoms with E-state index in [1.807, 2.05) is 35.2 Å². The summed E-state index contributed by atoms with van der Waals surface area (Å²) in [6, 6.07) is 8.75. The third kappa shape index (κ3) is 6.48. The van der Waals surface area contributed by atoms with Crippen molar-refractivity contribution in [3.63, 3.8) is 0 Å². The molecule has 2 aromatic rings. The molecule has 7 rings (SSSR count). The third-order valence-electron chi connectivity index (χ3n) is 9.68. The molecule has 0 saturated carbocycles. The van der Waals surface area contributed by atoms with Crippen molar-refractivity contribution >= 4 is 23.6 Å². The van der Waals surface area contributed by atoms with E-state index >= 15 is 0 Å². The Morgan fingerprint density at radius 1 is 1.02 bits per heavy atom. The molecule has 0 radical (unpaired) electrons. The molecule has 236 valence electrons. The number of carbonyl (C=O) groups is 4. The van der Waals surface area contributed by atoms with Crippen molar-refractivity contribution in [2.45, 2.75) is 75.0 Å². The van der Waals surface area contributed by atoms with Gasteiger partial charge in [-0.05, 0) is 57.2 Å². The van der Waals surface area contributed by atoms with Crippen LogP contribution in [0.2, 0.25) is 0 Å². The second-order valence-corrected chi connectivity index (χ2v) is 12.5. The van der Waals surface area contributed by atoms with Gasteiger partial charge >= 0.3 is 0 Å². The zero-order chi connectivity index (χ0) is 30.7. The van der Waals surface area contributed by atoms with Gasteiger partial charge in [-0.2, -0.15) is 0 Å². The van der Waals surface area contributed by atoms with Gasteiger partial charge in [0.1, 0.15) is 12.6 Å². The van der Waals surface area contributed by atoms with Crippen LogP contribution in [0.15, 0.2) is 36.5 Å². The molecular weight excluding hydrogens is 564 g/mol. The average Bonchev–Trinajstić information content (AvgIpc) is 3.72. The Bertz CT molecular complexity index is 1350. The minimum absolute atomic E-state index is 0.00650. The van der Waals surface area contributed by atoms with Crippen molar-refractivity contribution in [2.24, 2.45) is 0 Å². The molecule has 2 bridgehead atoms. The minimum Gasteiger partial charge on any atom is -0.375 e. The van der Waals surface area contributed by atoms with E-state index in [0.29, 0.717) is 44.7 Å². The van der Waals surface area contributed by atoms with Crippen molar-refractivity contribution in [3.8, 4) is 5.69 Å². The second-order valence-electron chi connectivity index (χ2n) is 12.5. The highest BCUT2D eigenvalue weighted by Gasteiger charge is 2.44. The van der Waals surface area contributed by atoms with Gasteiger partial charge in [-0.1, -0.05) is 23.4 Å². The van der Waals surface area contributed by atoms with Crippen LogP contribution < -0.4 is 10.6 Å². The molecule has 13 heteroatoms. The number of amides is 4. The maximum atomic E-state index is 13.9. The van der Waals surface area contributed by atoms with Crippen molar-refractivity contribution in [3.05, 3.63) is 42.2 Å². The maximum absolute atomic E-state index is 13.9. The van der Waals surface area contributed by atoms with Gasteiger partial charge < -0.3 is 25.2 Å². The molecule has 5 aliphatic heterocycles. The lowest BCUT2D eigenvalue weighted by Gasteiger charge is -2.45. The third-order valence-corrected chi connectivity index (χ3v) is 9.68. The lowest BCUT2D eigenvalue weighted by molar-refractivity contribution is -0.141. The predicted molar refractivity (Wildman–Crippen MR) is 160 cm³/mol. The van der Waals surface area contributed by atoms with E-state index in [2.05, 4.69) is 25.8 Å². The first-order chi connectivity index (χ1) is 21.3. The van der Waals surface area contributed by atoms with E-state index in [1.54, 1.807) is 15.8 Å². The molecule has 5 aliphatic rings. The SMILES string of the molecule is COCC(=O)N1CCC2(CC1)CC(=O)N[C@H](Cc1cn(-c3ccccc3)nn1)C(=O)N1CCC(CC1)N1CCC[C@H]1C(=O)N2. The topological polar surface area (TPSA) is 142 Å². The Labute approximate surface area is 257 Å². The number of benzene rings is 1. The molecule has 1 aromatic carbocycles. The normalized spacial score (nSPS) is 25.1. The fourth-order valence-electron chi connectivity index (χ4n) is 7.30. The molecule has 44 heavy (non-hydrogen) atoms. The van der Waals surface area contributed by atoms with Gasteiger partial charge in [-0.25, -0.2) is 4.68 Å². The van der Waals surface area contributed by atoms with Gasteiger partial charge in [-0.15, -0.1) is 5.10 Å². The molecule has 4 amide bonds. The molecule has 0 unspecified atom stereocenters. The first-order valence-electron chi connectivity index (χ1n) is 15.7. The van der Waals surface area contributed by atoms with E-state index in [0.717, 1.165) is 37.9 Å². The summed E-state index contributed by atoms with van der Waals surface area (Å²) in [5, 5.41) is 14.9. The first kappa shape index (κ1) is 30.2. The number of para-hydroxylation sites is 1. The number of aromatic nitrogens is 3. The maximum Gasteiger partial charge on any atom is 0.248 e. The van der Waals surface area contributed by atoms with Crippen LogP contribution in [0.4, 0.5) is 0 Å². The second kappa shape index (κ2) is 13.0. The van der Waals surface area contributed by atoms with E-state index < -0.39 is 11.6 Å². The molecule has 2 N–H and O–H groups in total. The zero-order valence-electron chi connectivity index (χ0n) is 25.3. The first-order valence-corrected chi connectivity index (χ1v) is 15.7. The van der Waals surface area contributed by atoms with Crippen LogP contribution in [0.5, 0.6) is 0 Å². The summed E-state index contributed by atoms with van der Waals surface area (Å²) in [4.78, 5) is 60.0. The van der Waals surface area contributed by atoms with Gasteiger partial charge in [-0.3, -0.25) is 24.1 Å². The van der Waals surface area contributed by atoms with Crippen LogP contribution >= 0.6 is 0 Å². The lowest BCUT2D eigenvalue weighted by Crippen LogP contribution is -2.63. The molecule has 13 nitrogen and oxygen atoms in total. The van der Waals surface area contributed by atoms with Gasteiger partial charge in [0, 0.05) is 52.2 Å². The minimum atomic E-state index is -0.827. The fourth-order valence-corrected chi connectivity index (χ4v) is 7.30. The Morgan fingerprint density at radius 2 is 1.77 bits per heavy atom. The number of hydrogen-bond donors (Lipinski definition) is 2. The molecule has 5 saturated heterocycles. The lowest BCUT2D eigenvalue weighted by atomic mass is 9.83. The Morgan fingerprint density at radius 3 is 2.50 bits per heavy atom. The molecule has 1 aromatic heterocycles. The van der Waals surface area contributed by atoms with Gasteiger partial charge in [0.25, 0.3) is 0 Å². The number of fused-ring (bicyclic) bond motifs is 7. The number of likely N-dealkylation sites (tertiary alicyclic amines) is 1. The Hall–Kier alpha value is -3.84. The number of piperidine rings is 2. The molecule has 5 fully saturated rings. The van der Waals surface area contributed by atoms with Crippen molar-refractivity contribution in [2.75, 3.05) is 46.4 Å². The quantitative estimate of drug-likeness (QED) is 0.495. The predicted octanol–water partition coefficient (Wildman–Crippen LogP) is 0.278. The summed E-state index contributed by atoms with van der Waals surface area (Å²) >= 11 is 0. The summed E-state index contributed by atoms with van der Waals surface area (Å²) in [5.74, 6) is -0.595. The number of rotatable bonds is 5. The highest BCUT2D eigenvalue weighted by Crippen LogP contribution is 2.31. The van der Waals surface area contributed by atoms with Crippen LogP contribution in [0.1, 0.15) is 50.6 Å². The number of nitrogens with one attached hydrogen (secondary N) is 2. The number of hydrogen-bond acceptors (Lipinski definition) is 8. The smallest absolute Gasteiger partial charge is 0.248 e. The summed E-state index contributed by atoms with van der Waals surface area (Å²) in [6.07, 6.45) is 6.15. The van der Waals surface area contributed by atoms with E-state index in [4.69, 9.17) is 4.74 Å². The molecule has 2 atom stereocenters. The Balaban J connectivity index is 1.25. The molecular formula is C31H42N8O5. The molecule has 6 heterocycles. The summed E-state index contributed by atoms with van der Waals surface area (Å²) in [6.45, 7) is 2.81. The van der Waals surface area contributed by atoms with Crippen molar-refractivity contribution in [1.82, 2.24) is 40.3 Å². The Kier molecular flexibility index (Phi) is 8.94. The van der Waals surface area contributed by atoms with Crippen LogP contribution in [0, 0.1) is 0 Å². The van der Waals surface area contributed by atoms with Crippen LogP contribution in [-0.4, -0.2) is 123 Å². The number of ether oxygens (including phenoxy) is 1. The van der Waals surface area contributed by atoms with Gasteiger partial charge in [0.05, 0.1) is 29.2 Å². The van der Waals surface area contributed by atoms with Gasteiger partial charge in [0.2, 0.25) is 23.6 Å².